The summed E-state index contributed by atoms with van der Waals surface area (Å²) in [7, 11) is 0. The van der Waals surface area contributed by atoms with Crippen molar-refractivity contribution >= 4 is 27.7 Å². The number of ketones is 1. The van der Waals surface area contributed by atoms with Crippen LogP contribution in [0.2, 0.25) is 0 Å². The molecule has 0 spiro atoms. The molecule has 0 aliphatic carbocycles. The molecule has 0 radical (unpaired) electrons. The lowest BCUT2D eigenvalue weighted by molar-refractivity contribution is -0.115. The lowest BCUT2D eigenvalue weighted by atomic mass is 10.1. The van der Waals surface area contributed by atoms with E-state index in [0.717, 1.165) is 0 Å². The highest BCUT2D eigenvalue weighted by Crippen LogP contribution is 2.23. The molecule has 4 nitrogen and oxygen atoms in total. The predicted octanol–water partition coefficient (Wildman–Crippen LogP) is 2.97. The van der Waals surface area contributed by atoms with Gasteiger partial charge in [0.2, 0.25) is 0 Å². The Bertz CT molecular complexity index is 491. The minimum absolute atomic E-state index is 0.0899. The molecular formula is C13H13BrF2O4. The molecular weight excluding hydrogens is 338 g/mol. The van der Waals surface area contributed by atoms with E-state index in [4.69, 9.17) is 4.74 Å². The van der Waals surface area contributed by atoms with Gasteiger partial charge >= 0.3 is 12.6 Å². The fourth-order valence-electron chi connectivity index (χ4n) is 1.53. The van der Waals surface area contributed by atoms with Crippen molar-refractivity contribution in [3.63, 3.8) is 0 Å². The van der Waals surface area contributed by atoms with Gasteiger partial charge in [-0.2, -0.15) is 8.78 Å². The summed E-state index contributed by atoms with van der Waals surface area (Å²) in [6.07, 6.45) is 0.0899. The molecule has 0 N–H and O–H groups in total. The van der Waals surface area contributed by atoms with Crippen molar-refractivity contribution in [2.24, 2.45) is 0 Å². The average Bonchev–Trinajstić information content (AvgIpc) is 2.40. The molecule has 0 unspecified atom stereocenters. The second-order valence-corrected chi connectivity index (χ2v) is 4.34. The Kier molecular flexibility index (Phi) is 6.57. The third-order valence-electron chi connectivity index (χ3n) is 2.31. The predicted molar refractivity (Wildman–Crippen MR) is 71.5 cm³/mol. The van der Waals surface area contributed by atoms with Gasteiger partial charge in [-0.05, 0) is 24.6 Å². The topological polar surface area (TPSA) is 52.6 Å². The highest BCUT2D eigenvalue weighted by atomic mass is 79.9. The molecule has 0 saturated heterocycles. The van der Waals surface area contributed by atoms with Crippen LogP contribution in [-0.2, 0) is 16.0 Å². The number of rotatable bonds is 7. The van der Waals surface area contributed by atoms with Gasteiger partial charge in [0.15, 0.2) is 0 Å². The normalized spacial score (nSPS) is 10.4. The quantitative estimate of drug-likeness (QED) is 0.560. The van der Waals surface area contributed by atoms with Gasteiger partial charge < -0.3 is 9.47 Å². The number of ether oxygens (including phenoxy) is 2. The van der Waals surface area contributed by atoms with Crippen LogP contribution in [0.5, 0.6) is 5.75 Å². The summed E-state index contributed by atoms with van der Waals surface area (Å²) in [5.41, 5.74) is 0.408. The molecule has 7 heteroatoms. The van der Waals surface area contributed by atoms with Gasteiger partial charge in [-0.15, -0.1) is 0 Å². The van der Waals surface area contributed by atoms with E-state index in [9.17, 15) is 18.4 Å². The van der Waals surface area contributed by atoms with Gasteiger partial charge in [-0.3, -0.25) is 4.79 Å². The monoisotopic (exact) mass is 350 g/mol. The highest BCUT2D eigenvalue weighted by Gasteiger charge is 2.18. The van der Waals surface area contributed by atoms with Crippen LogP contribution in [0, 0.1) is 0 Å². The minimum Gasteiger partial charge on any atom is -0.462 e. The third-order valence-corrected chi connectivity index (χ3v) is 2.93. The Hall–Kier alpha value is -1.50. The van der Waals surface area contributed by atoms with Gasteiger partial charge in [0.25, 0.3) is 0 Å². The van der Waals surface area contributed by atoms with Crippen LogP contribution in [-0.4, -0.2) is 30.3 Å². The first-order valence-electron chi connectivity index (χ1n) is 5.80. The molecule has 20 heavy (non-hydrogen) atoms. The van der Waals surface area contributed by atoms with E-state index in [1.807, 2.05) is 0 Å². The Morgan fingerprint density at radius 2 is 2.05 bits per heavy atom. The molecule has 0 aliphatic heterocycles. The minimum atomic E-state index is -3.04. The van der Waals surface area contributed by atoms with Crippen molar-refractivity contribution in [3.05, 3.63) is 29.3 Å². The fourth-order valence-corrected chi connectivity index (χ4v) is 1.73. The number of benzene rings is 1. The number of Topliss-reactive ketones (excluding diaryl/α,β-unsaturated/α-hetero) is 1. The number of esters is 1. The van der Waals surface area contributed by atoms with Crippen molar-refractivity contribution in [1.29, 1.82) is 0 Å². The van der Waals surface area contributed by atoms with Crippen molar-refractivity contribution in [3.8, 4) is 5.75 Å². The summed E-state index contributed by atoms with van der Waals surface area (Å²) in [6, 6.07) is 4.02. The first-order valence-corrected chi connectivity index (χ1v) is 6.92. The molecule has 1 aromatic rings. The zero-order valence-electron chi connectivity index (χ0n) is 10.7. The largest absolute Gasteiger partial charge is 0.462 e. The smallest absolute Gasteiger partial charge is 0.387 e. The van der Waals surface area contributed by atoms with E-state index in [2.05, 4.69) is 20.7 Å². The van der Waals surface area contributed by atoms with Gasteiger partial charge in [0, 0.05) is 6.42 Å². The molecule has 0 amide bonds. The van der Waals surface area contributed by atoms with Crippen LogP contribution in [0.25, 0.3) is 0 Å². The Morgan fingerprint density at radius 3 is 2.60 bits per heavy atom. The van der Waals surface area contributed by atoms with E-state index >= 15 is 0 Å². The van der Waals surface area contributed by atoms with Crippen LogP contribution in [0.3, 0.4) is 0 Å². The summed E-state index contributed by atoms with van der Waals surface area (Å²) in [4.78, 5) is 23.0. The Morgan fingerprint density at radius 1 is 1.35 bits per heavy atom. The zero-order valence-corrected chi connectivity index (χ0v) is 12.3. The van der Waals surface area contributed by atoms with E-state index in [-0.39, 0.29) is 35.5 Å². The van der Waals surface area contributed by atoms with Crippen molar-refractivity contribution in [1.82, 2.24) is 0 Å². The molecule has 0 aliphatic rings. The number of halogens is 3. The van der Waals surface area contributed by atoms with Gasteiger partial charge in [0.1, 0.15) is 17.1 Å². The number of hydrogen-bond acceptors (Lipinski definition) is 4. The second-order valence-electron chi connectivity index (χ2n) is 3.78. The maximum absolute atomic E-state index is 12.3. The molecule has 0 fully saturated rings. The van der Waals surface area contributed by atoms with Crippen LogP contribution in [0.4, 0.5) is 8.78 Å². The standard InChI is InChI=1S/C13H13BrF2O4/c1-2-19-12(18)10-6-8(5-9(17)7-14)3-4-11(10)20-13(15)16/h3-4,6,13H,2,5,7H2,1H3. The van der Waals surface area contributed by atoms with Gasteiger partial charge in [-0.25, -0.2) is 4.79 Å². The maximum Gasteiger partial charge on any atom is 0.387 e. The van der Waals surface area contributed by atoms with Crippen LogP contribution >= 0.6 is 15.9 Å². The van der Waals surface area contributed by atoms with Gasteiger partial charge in [0.05, 0.1) is 11.9 Å². The molecule has 0 heterocycles. The molecule has 0 atom stereocenters. The van der Waals surface area contributed by atoms with Gasteiger partial charge in [-0.1, -0.05) is 22.0 Å². The van der Waals surface area contributed by atoms with Crippen molar-refractivity contribution in [2.75, 3.05) is 11.9 Å². The molecule has 0 saturated carbocycles. The summed E-state index contributed by atoms with van der Waals surface area (Å²) < 4.78 is 33.6. The molecule has 1 aromatic carbocycles. The molecule has 0 aromatic heterocycles. The Balaban J connectivity index is 3.07. The maximum atomic E-state index is 12.3. The number of alkyl halides is 3. The number of carbonyl (C=O) groups is 2. The molecule has 0 bridgehead atoms. The second kappa shape index (κ2) is 7.94. The van der Waals surface area contributed by atoms with Crippen molar-refractivity contribution < 1.29 is 27.8 Å². The lowest BCUT2D eigenvalue weighted by Gasteiger charge is -2.11. The summed E-state index contributed by atoms with van der Waals surface area (Å²) in [6.45, 7) is -1.33. The third kappa shape index (κ3) is 4.88. The fraction of sp³-hybridized carbons (Fsp3) is 0.385. The van der Waals surface area contributed by atoms with E-state index in [1.165, 1.54) is 18.2 Å². The summed E-state index contributed by atoms with van der Waals surface area (Å²) in [5.74, 6) is -1.13. The summed E-state index contributed by atoms with van der Waals surface area (Å²) in [5, 5.41) is 0.178. The van der Waals surface area contributed by atoms with Crippen LogP contribution < -0.4 is 4.74 Å². The number of carbonyl (C=O) groups excluding carboxylic acids is 2. The van der Waals surface area contributed by atoms with Crippen LogP contribution in [0.1, 0.15) is 22.8 Å². The Labute approximate surface area is 123 Å². The first kappa shape index (κ1) is 16.6. The van der Waals surface area contributed by atoms with E-state index in [1.54, 1.807) is 6.92 Å². The van der Waals surface area contributed by atoms with E-state index in [0.29, 0.717) is 5.56 Å². The van der Waals surface area contributed by atoms with Crippen molar-refractivity contribution in [2.45, 2.75) is 20.0 Å². The first-order chi connectivity index (χ1) is 9.47. The lowest BCUT2D eigenvalue weighted by Crippen LogP contribution is -2.12. The zero-order chi connectivity index (χ0) is 15.1. The molecule has 110 valence electrons. The highest BCUT2D eigenvalue weighted by molar-refractivity contribution is 9.09. The van der Waals surface area contributed by atoms with Crippen LogP contribution in [0.15, 0.2) is 18.2 Å². The number of hydrogen-bond donors (Lipinski definition) is 0. The average molecular weight is 351 g/mol. The summed E-state index contributed by atoms with van der Waals surface area (Å²) >= 11 is 3.03. The van der Waals surface area contributed by atoms with E-state index < -0.39 is 12.6 Å². The molecule has 1 rings (SSSR count). The SMILES string of the molecule is CCOC(=O)c1cc(CC(=O)CBr)ccc1OC(F)F.